The second-order valence-electron chi connectivity index (χ2n) is 5.97. The molecule has 2 aromatic rings. The van der Waals surface area contributed by atoms with Gasteiger partial charge >= 0.3 is 6.18 Å². The van der Waals surface area contributed by atoms with Gasteiger partial charge in [0.25, 0.3) is 5.91 Å². The van der Waals surface area contributed by atoms with Crippen LogP contribution in [0.25, 0.3) is 0 Å². The van der Waals surface area contributed by atoms with Crippen LogP contribution in [0.4, 0.5) is 19.0 Å². The van der Waals surface area contributed by atoms with Gasteiger partial charge in [-0.1, -0.05) is 17.3 Å². The molecule has 2 amide bonds. The molecule has 26 heavy (non-hydrogen) atoms. The standard InChI is InChI=1S/C17H16F3N3O3/c1-11-9-14(21-26-11)23(10-22-8-4-7-15(22)24)16(25)12-5-2-3-6-13(12)17(18,19)20/h2-3,5-6,9H,4,7-8,10H2,1H3. The third-order valence-corrected chi connectivity index (χ3v) is 4.08. The first-order chi connectivity index (χ1) is 12.3. The van der Waals surface area contributed by atoms with Gasteiger partial charge in [0.05, 0.1) is 11.1 Å². The number of benzene rings is 1. The number of aryl methyl sites for hydroxylation is 1. The fourth-order valence-electron chi connectivity index (χ4n) is 2.81. The molecule has 1 aliphatic heterocycles. The first-order valence-corrected chi connectivity index (χ1v) is 7.96. The van der Waals surface area contributed by atoms with Gasteiger partial charge < -0.3 is 9.42 Å². The average molecular weight is 367 g/mol. The summed E-state index contributed by atoms with van der Waals surface area (Å²) < 4.78 is 44.8. The molecule has 9 heteroatoms. The number of rotatable bonds is 4. The number of hydrogen-bond acceptors (Lipinski definition) is 4. The highest BCUT2D eigenvalue weighted by atomic mass is 19.4. The lowest BCUT2D eigenvalue weighted by Gasteiger charge is -2.26. The van der Waals surface area contributed by atoms with Crippen molar-refractivity contribution >= 4 is 17.6 Å². The lowest BCUT2D eigenvalue weighted by Crippen LogP contribution is -2.43. The van der Waals surface area contributed by atoms with Crippen molar-refractivity contribution in [3.05, 3.63) is 47.2 Å². The number of aromatic nitrogens is 1. The van der Waals surface area contributed by atoms with E-state index in [1.807, 2.05) is 0 Å². The fraction of sp³-hybridized carbons (Fsp3) is 0.353. The highest BCUT2D eigenvalue weighted by molar-refractivity contribution is 6.06. The van der Waals surface area contributed by atoms with Crippen molar-refractivity contribution in [1.29, 1.82) is 0 Å². The predicted octanol–water partition coefficient (Wildman–Crippen LogP) is 3.23. The predicted molar refractivity (Wildman–Crippen MR) is 85.3 cm³/mol. The maximum Gasteiger partial charge on any atom is 0.417 e. The Bertz CT molecular complexity index is 832. The normalized spacial score (nSPS) is 14.8. The highest BCUT2D eigenvalue weighted by Crippen LogP contribution is 2.33. The van der Waals surface area contributed by atoms with Crippen molar-refractivity contribution in [2.24, 2.45) is 0 Å². The molecule has 1 saturated heterocycles. The van der Waals surface area contributed by atoms with E-state index in [0.29, 0.717) is 25.1 Å². The molecule has 1 fully saturated rings. The van der Waals surface area contributed by atoms with Crippen LogP contribution in [0.1, 0.15) is 34.5 Å². The molecule has 0 bridgehead atoms. The molecule has 1 aromatic heterocycles. The van der Waals surface area contributed by atoms with E-state index in [-0.39, 0.29) is 18.4 Å². The zero-order valence-electron chi connectivity index (χ0n) is 13.9. The van der Waals surface area contributed by atoms with Gasteiger partial charge in [0.1, 0.15) is 12.4 Å². The average Bonchev–Trinajstić information content (AvgIpc) is 3.19. The van der Waals surface area contributed by atoms with E-state index >= 15 is 0 Å². The third kappa shape index (κ3) is 3.56. The van der Waals surface area contributed by atoms with E-state index in [2.05, 4.69) is 5.16 Å². The molecular formula is C17H16F3N3O3. The number of carbonyl (C=O) groups is 2. The minimum absolute atomic E-state index is 0.0594. The van der Waals surface area contributed by atoms with Crippen molar-refractivity contribution in [1.82, 2.24) is 10.1 Å². The number of hydrogen-bond donors (Lipinski definition) is 0. The summed E-state index contributed by atoms with van der Waals surface area (Å²) in [5, 5.41) is 3.73. The lowest BCUT2D eigenvalue weighted by atomic mass is 10.1. The molecule has 0 saturated carbocycles. The van der Waals surface area contributed by atoms with Crippen LogP contribution >= 0.6 is 0 Å². The molecule has 138 valence electrons. The molecule has 6 nitrogen and oxygen atoms in total. The molecule has 0 atom stereocenters. The van der Waals surface area contributed by atoms with Crippen molar-refractivity contribution in [3.63, 3.8) is 0 Å². The Labute approximate surface area is 147 Å². The molecule has 0 aliphatic carbocycles. The summed E-state index contributed by atoms with van der Waals surface area (Å²) >= 11 is 0. The molecule has 0 N–H and O–H groups in total. The van der Waals surface area contributed by atoms with Gasteiger partial charge in [-0.15, -0.1) is 0 Å². The number of nitrogens with zero attached hydrogens (tertiary/aromatic N) is 3. The SMILES string of the molecule is Cc1cc(N(CN2CCCC2=O)C(=O)c2ccccc2C(F)(F)F)no1. The second kappa shape index (κ2) is 6.81. The van der Waals surface area contributed by atoms with E-state index in [9.17, 15) is 22.8 Å². The van der Waals surface area contributed by atoms with Crippen molar-refractivity contribution in [2.45, 2.75) is 25.9 Å². The minimum atomic E-state index is -4.68. The molecule has 0 unspecified atom stereocenters. The second-order valence-corrected chi connectivity index (χ2v) is 5.97. The smallest absolute Gasteiger partial charge is 0.360 e. The monoisotopic (exact) mass is 367 g/mol. The Morgan fingerprint density at radius 3 is 2.65 bits per heavy atom. The molecule has 0 radical (unpaired) electrons. The van der Waals surface area contributed by atoms with E-state index in [1.165, 1.54) is 23.1 Å². The summed E-state index contributed by atoms with van der Waals surface area (Å²) in [6.07, 6.45) is -3.70. The Balaban J connectivity index is 1.99. The van der Waals surface area contributed by atoms with Gasteiger partial charge in [0, 0.05) is 19.0 Å². The number of carbonyl (C=O) groups excluding carboxylic acids is 2. The number of halogens is 3. The Kier molecular flexibility index (Phi) is 4.71. The van der Waals surface area contributed by atoms with Crippen molar-refractivity contribution < 1.29 is 27.3 Å². The van der Waals surface area contributed by atoms with E-state index in [0.717, 1.165) is 17.0 Å². The highest BCUT2D eigenvalue weighted by Gasteiger charge is 2.37. The third-order valence-electron chi connectivity index (χ3n) is 4.08. The molecule has 2 heterocycles. The van der Waals surface area contributed by atoms with Crippen molar-refractivity contribution in [2.75, 3.05) is 18.1 Å². The van der Waals surface area contributed by atoms with Crippen LogP contribution in [0.2, 0.25) is 0 Å². The van der Waals surface area contributed by atoms with E-state index < -0.39 is 23.2 Å². The summed E-state index contributed by atoms with van der Waals surface area (Å²) in [4.78, 5) is 27.3. The fourth-order valence-corrected chi connectivity index (χ4v) is 2.81. The lowest BCUT2D eigenvalue weighted by molar-refractivity contribution is -0.138. The van der Waals surface area contributed by atoms with Crippen LogP contribution in [-0.4, -0.2) is 35.1 Å². The summed E-state index contributed by atoms with van der Waals surface area (Å²) in [7, 11) is 0. The van der Waals surface area contributed by atoms with Gasteiger partial charge in [-0.2, -0.15) is 13.2 Å². The largest absolute Gasteiger partial charge is 0.417 e. The molecule has 0 spiro atoms. The van der Waals surface area contributed by atoms with Gasteiger partial charge in [-0.05, 0) is 25.5 Å². The quantitative estimate of drug-likeness (QED) is 0.832. The zero-order valence-corrected chi connectivity index (χ0v) is 13.9. The van der Waals surface area contributed by atoms with Crippen LogP contribution < -0.4 is 4.90 Å². The Morgan fingerprint density at radius 1 is 1.35 bits per heavy atom. The number of alkyl halides is 3. The number of anilines is 1. The Hall–Kier alpha value is -2.84. The van der Waals surface area contributed by atoms with E-state index in [4.69, 9.17) is 4.52 Å². The van der Waals surface area contributed by atoms with Crippen LogP contribution in [-0.2, 0) is 11.0 Å². The number of likely N-dealkylation sites (tertiary alicyclic amines) is 1. The van der Waals surface area contributed by atoms with Crippen LogP contribution in [0, 0.1) is 6.92 Å². The van der Waals surface area contributed by atoms with Crippen molar-refractivity contribution in [3.8, 4) is 0 Å². The van der Waals surface area contributed by atoms with E-state index in [1.54, 1.807) is 6.92 Å². The maximum absolute atomic E-state index is 13.3. The van der Waals surface area contributed by atoms with Gasteiger partial charge in [0.2, 0.25) is 5.91 Å². The van der Waals surface area contributed by atoms with Crippen LogP contribution in [0.3, 0.4) is 0 Å². The first kappa shape index (κ1) is 18.0. The first-order valence-electron chi connectivity index (χ1n) is 7.96. The molecule has 3 rings (SSSR count). The van der Waals surface area contributed by atoms with Crippen LogP contribution in [0.15, 0.2) is 34.9 Å². The summed E-state index contributed by atoms with van der Waals surface area (Å²) in [6.45, 7) is 1.85. The molecular weight excluding hydrogens is 351 g/mol. The topological polar surface area (TPSA) is 66.7 Å². The zero-order chi connectivity index (χ0) is 18.9. The summed E-state index contributed by atoms with van der Waals surface area (Å²) in [5.41, 5.74) is -1.55. The van der Waals surface area contributed by atoms with Gasteiger partial charge in [0.15, 0.2) is 5.82 Å². The molecule has 1 aromatic carbocycles. The Morgan fingerprint density at radius 2 is 2.08 bits per heavy atom. The maximum atomic E-state index is 13.3. The minimum Gasteiger partial charge on any atom is -0.360 e. The summed E-state index contributed by atoms with van der Waals surface area (Å²) in [6, 6.07) is 5.97. The van der Waals surface area contributed by atoms with Gasteiger partial charge in [-0.25, -0.2) is 0 Å². The molecule has 1 aliphatic rings. The number of amides is 2. The van der Waals surface area contributed by atoms with Gasteiger partial charge in [-0.3, -0.25) is 14.5 Å². The summed E-state index contributed by atoms with van der Waals surface area (Å²) in [5.74, 6) is -0.600. The van der Waals surface area contributed by atoms with Crippen LogP contribution in [0.5, 0.6) is 0 Å².